The number of carbonyl (C=O) groups is 1. The van der Waals surface area contributed by atoms with Gasteiger partial charge in [0.1, 0.15) is 5.78 Å². The molecular formula is C13H25NO2. The van der Waals surface area contributed by atoms with E-state index in [0.29, 0.717) is 6.42 Å². The lowest BCUT2D eigenvalue weighted by molar-refractivity contribution is -0.180. The minimum atomic E-state index is -0.0853. The van der Waals surface area contributed by atoms with Crippen molar-refractivity contribution in [3.8, 4) is 0 Å². The second-order valence-electron chi connectivity index (χ2n) is 6.14. The molecule has 1 rings (SSSR count). The number of Topliss-reactive ketones (excluding diaryl/α,β-unsaturated/α-hetero) is 1. The Morgan fingerprint density at radius 2 is 1.69 bits per heavy atom. The maximum absolute atomic E-state index is 10.9. The minimum absolute atomic E-state index is 0.0853. The van der Waals surface area contributed by atoms with Gasteiger partial charge in [0.25, 0.3) is 0 Å². The van der Waals surface area contributed by atoms with Gasteiger partial charge in [0.2, 0.25) is 0 Å². The Kier molecular flexibility index (Phi) is 4.13. The molecule has 1 fully saturated rings. The molecule has 0 radical (unpaired) electrons. The molecule has 0 amide bonds. The number of morpholine rings is 1. The van der Waals surface area contributed by atoms with Crippen LogP contribution in [0, 0.1) is 0 Å². The maximum Gasteiger partial charge on any atom is 0.129 e. The van der Waals surface area contributed by atoms with E-state index in [0.717, 1.165) is 26.1 Å². The maximum atomic E-state index is 10.9. The molecule has 1 heterocycles. The molecule has 0 N–H and O–H groups in total. The highest BCUT2D eigenvalue weighted by atomic mass is 16.5. The summed E-state index contributed by atoms with van der Waals surface area (Å²) in [6.07, 6.45) is 1.65. The number of ether oxygens (including phenoxy) is 1. The van der Waals surface area contributed by atoms with E-state index in [1.807, 2.05) is 0 Å². The van der Waals surface area contributed by atoms with Crippen molar-refractivity contribution in [1.82, 2.24) is 4.90 Å². The van der Waals surface area contributed by atoms with Crippen LogP contribution in [-0.4, -0.2) is 41.5 Å². The van der Waals surface area contributed by atoms with Crippen LogP contribution < -0.4 is 0 Å². The molecule has 0 aliphatic carbocycles. The van der Waals surface area contributed by atoms with Crippen LogP contribution >= 0.6 is 0 Å². The fourth-order valence-corrected chi connectivity index (χ4v) is 2.66. The molecule has 0 atom stereocenters. The number of nitrogens with zero attached hydrogens (tertiary/aromatic N) is 1. The summed E-state index contributed by atoms with van der Waals surface area (Å²) < 4.78 is 6.01. The highest BCUT2D eigenvalue weighted by Crippen LogP contribution is 2.27. The van der Waals surface area contributed by atoms with Gasteiger partial charge in [-0.25, -0.2) is 0 Å². The van der Waals surface area contributed by atoms with E-state index >= 15 is 0 Å². The van der Waals surface area contributed by atoms with Crippen LogP contribution in [0.2, 0.25) is 0 Å². The summed E-state index contributed by atoms with van der Waals surface area (Å²) in [6.45, 7) is 13.1. The second-order valence-corrected chi connectivity index (χ2v) is 6.14. The summed E-state index contributed by atoms with van der Waals surface area (Å²) in [5.41, 5.74) is -0.171. The summed E-state index contributed by atoms with van der Waals surface area (Å²) in [6, 6.07) is 0. The standard InChI is InChI=1S/C13H25NO2/c1-11(15)7-6-8-14-9-12(2,3)16-13(4,5)10-14/h6-10H2,1-5H3. The number of hydrogen-bond acceptors (Lipinski definition) is 3. The van der Waals surface area contributed by atoms with Crippen LogP contribution in [0.3, 0.4) is 0 Å². The predicted molar refractivity (Wildman–Crippen MR) is 65.6 cm³/mol. The van der Waals surface area contributed by atoms with Gasteiger partial charge in [0, 0.05) is 19.5 Å². The molecule has 0 saturated carbocycles. The van der Waals surface area contributed by atoms with Crippen molar-refractivity contribution in [2.45, 2.75) is 58.7 Å². The van der Waals surface area contributed by atoms with Crippen LogP contribution in [-0.2, 0) is 9.53 Å². The lowest BCUT2D eigenvalue weighted by Crippen LogP contribution is -2.57. The van der Waals surface area contributed by atoms with Crippen LogP contribution in [0.4, 0.5) is 0 Å². The van der Waals surface area contributed by atoms with Gasteiger partial charge in [-0.05, 0) is 47.6 Å². The molecule has 1 aliphatic rings. The first-order chi connectivity index (χ1) is 7.20. The third-order valence-corrected chi connectivity index (χ3v) is 2.76. The average molecular weight is 227 g/mol. The zero-order valence-corrected chi connectivity index (χ0v) is 11.3. The molecular weight excluding hydrogens is 202 g/mol. The molecule has 3 nitrogen and oxygen atoms in total. The van der Waals surface area contributed by atoms with Crippen molar-refractivity contribution in [2.24, 2.45) is 0 Å². The van der Waals surface area contributed by atoms with Gasteiger partial charge >= 0.3 is 0 Å². The molecule has 3 heteroatoms. The average Bonchev–Trinajstić information content (AvgIpc) is 1.96. The van der Waals surface area contributed by atoms with E-state index in [4.69, 9.17) is 4.74 Å². The normalized spacial score (nSPS) is 24.3. The van der Waals surface area contributed by atoms with Crippen molar-refractivity contribution in [2.75, 3.05) is 19.6 Å². The topological polar surface area (TPSA) is 29.5 Å². The highest BCUT2D eigenvalue weighted by molar-refractivity contribution is 5.75. The third-order valence-electron chi connectivity index (χ3n) is 2.76. The number of hydrogen-bond donors (Lipinski definition) is 0. The third kappa shape index (κ3) is 4.62. The summed E-state index contributed by atoms with van der Waals surface area (Å²) in [5.74, 6) is 0.284. The van der Waals surface area contributed by atoms with Crippen molar-refractivity contribution in [3.63, 3.8) is 0 Å². The Bertz CT molecular complexity index is 243. The molecule has 1 aliphatic heterocycles. The first-order valence-electron chi connectivity index (χ1n) is 6.12. The largest absolute Gasteiger partial charge is 0.367 e. The lowest BCUT2D eigenvalue weighted by atomic mass is 9.98. The number of carbonyl (C=O) groups excluding carboxylic acids is 1. The molecule has 0 spiro atoms. The zero-order valence-electron chi connectivity index (χ0n) is 11.3. The van der Waals surface area contributed by atoms with Gasteiger partial charge in [-0.1, -0.05) is 0 Å². The van der Waals surface area contributed by atoms with Crippen molar-refractivity contribution >= 4 is 5.78 Å². The summed E-state index contributed by atoms with van der Waals surface area (Å²) in [4.78, 5) is 13.3. The van der Waals surface area contributed by atoms with Gasteiger partial charge in [-0.2, -0.15) is 0 Å². The number of rotatable bonds is 4. The monoisotopic (exact) mass is 227 g/mol. The van der Waals surface area contributed by atoms with Gasteiger partial charge in [-0.15, -0.1) is 0 Å². The van der Waals surface area contributed by atoms with Crippen LogP contribution in [0.1, 0.15) is 47.5 Å². The molecule has 0 aromatic carbocycles. The summed E-state index contributed by atoms with van der Waals surface area (Å²) in [7, 11) is 0. The summed E-state index contributed by atoms with van der Waals surface area (Å²) in [5, 5.41) is 0. The van der Waals surface area contributed by atoms with E-state index in [2.05, 4.69) is 32.6 Å². The second kappa shape index (κ2) is 4.84. The molecule has 16 heavy (non-hydrogen) atoms. The Hall–Kier alpha value is -0.410. The smallest absolute Gasteiger partial charge is 0.129 e. The first-order valence-corrected chi connectivity index (χ1v) is 6.12. The number of ketones is 1. The Balaban J connectivity index is 2.45. The van der Waals surface area contributed by atoms with Crippen molar-refractivity contribution in [3.05, 3.63) is 0 Å². The fraction of sp³-hybridized carbons (Fsp3) is 0.923. The van der Waals surface area contributed by atoms with Crippen molar-refractivity contribution in [1.29, 1.82) is 0 Å². The van der Waals surface area contributed by atoms with E-state index in [-0.39, 0.29) is 17.0 Å². The van der Waals surface area contributed by atoms with Gasteiger partial charge in [0.05, 0.1) is 11.2 Å². The van der Waals surface area contributed by atoms with Gasteiger partial charge in [-0.3, -0.25) is 4.90 Å². The molecule has 0 unspecified atom stereocenters. The lowest BCUT2D eigenvalue weighted by Gasteiger charge is -2.47. The van der Waals surface area contributed by atoms with E-state index in [1.54, 1.807) is 6.92 Å². The molecule has 94 valence electrons. The fourth-order valence-electron chi connectivity index (χ4n) is 2.66. The Morgan fingerprint density at radius 1 is 1.19 bits per heavy atom. The van der Waals surface area contributed by atoms with Crippen LogP contribution in [0.25, 0.3) is 0 Å². The molecule has 0 bridgehead atoms. The van der Waals surface area contributed by atoms with Crippen molar-refractivity contribution < 1.29 is 9.53 Å². The first kappa shape index (κ1) is 13.7. The van der Waals surface area contributed by atoms with Crippen LogP contribution in [0.15, 0.2) is 0 Å². The molecule has 0 aromatic heterocycles. The van der Waals surface area contributed by atoms with Gasteiger partial charge in [0.15, 0.2) is 0 Å². The molecule has 0 aromatic rings. The SMILES string of the molecule is CC(=O)CCCN1CC(C)(C)OC(C)(C)C1. The van der Waals surface area contributed by atoms with E-state index < -0.39 is 0 Å². The molecule has 1 saturated heterocycles. The summed E-state index contributed by atoms with van der Waals surface area (Å²) >= 11 is 0. The van der Waals surface area contributed by atoms with Crippen LogP contribution in [0.5, 0.6) is 0 Å². The highest BCUT2D eigenvalue weighted by Gasteiger charge is 2.37. The predicted octanol–water partition coefficient (Wildman–Crippen LogP) is 2.25. The Morgan fingerprint density at radius 3 is 2.12 bits per heavy atom. The van der Waals surface area contributed by atoms with E-state index in [9.17, 15) is 4.79 Å². The van der Waals surface area contributed by atoms with Gasteiger partial charge < -0.3 is 9.53 Å². The minimum Gasteiger partial charge on any atom is -0.367 e. The van der Waals surface area contributed by atoms with E-state index in [1.165, 1.54) is 0 Å². The quantitative estimate of drug-likeness (QED) is 0.737. The zero-order chi connectivity index (χ0) is 12.4. The Labute approximate surface area is 99.1 Å².